The zero-order valence-electron chi connectivity index (χ0n) is 49.6. The van der Waals surface area contributed by atoms with E-state index in [1.807, 2.05) is 0 Å². The molecule has 0 aliphatic carbocycles. The molecule has 1 unspecified atom stereocenters. The van der Waals surface area contributed by atoms with Gasteiger partial charge < -0.3 is 14.2 Å². The van der Waals surface area contributed by atoms with E-state index >= 15 is 0 Å². The van der Waals surface area contributed by atoms with E-state index in [4.69, 9.17) is 14.2 Å². The number of carbonyl (C=O) groups excluding carboxylic acids is 3. The second-order valence-electron chi connectivity index (χ2n) is 23.5. The molecular weight excluding hydrogens is 889 g/mol. The summed E-state index contributed by atoms with van der Waals surface area (Å²) in [5.41, 5.74) is 0. The summed E-state index contributed by atoms with van der Waals surface area (Å²) in [5, 5.41) is 0. The van der Waals surface area contributed by atoms with Gasteiger partial charge in [-0.2, -0.15) is 0 Å². The molecule has 0 N–H and O–H groups in total. The van der Waals surface area contributed by atoms with Crippen LogP contribution in [0.4, 0.5) is 0 Å². The molecule has 0 fully saturated rings. The molecule has 0 spiro atoms. The third-order valence-electron chi connectivity index (χ3n) is 15.6. The molecule has 0 rings (SSSR count). The summed E-state index contributed by atoms with van der Waals surface area (Å²) in [6, 6.07) is 0. The smallest absolute Gasteiger partial charge is 0.306 e. The molecule has 0 saturated heterocycles. The molecule has 2 atom stereocenters. The summed E-state index contributed by atoms with van der Waals surface area (Å²) in [5.74, 6) is 0.919. The molecule has 0 aromatic rings. The highest BCUT2D eigenvalue weighted by atomic mass is 16.6. The number of carbonyl (C=O) groups is 3. The van der Waals surface area contributed by atoms with Crippen LogP contribution in [0.1, 0.15) is 375 Å². The highest BCUT2D eigenvalue weighted by Crippen LogP contribution is 2.19. The highest BCUT2D eigenvalue weighted by Gasteiger charge is 2.19. The van der Waals surface area contributed by atoms with E-state index in [0.717, 1.165) is 69.6 Å². The SMILES string of the molecule is CCCCCCCCCCCCCCCCCCC(=O)OC[C@H](COC(=O)CCCCCCCCCCCCCCCC(C)C)OC(=O)CCCCCCCCCCCCCCCCCCCCC(C)CC. The average molecular weight is 1020 g/mol. The lowest BCUT2D eigenvalue weighted by Crippen LogP contribution is -2.30. The van der Waals surface area contributed by atoms with Gasteiger partial charge in [0, 0.05) is 19.3 Å². The Bertz CT molecular complexity index is 1110. The Morgan fingerprint density at radius 3 is 0.792 bits per heavy atom. The fourth-order valence-electron chi connectivity index (χ4n) is 10.3. The van der Waals surface area contributed by atoms with Crippen LogP contribution in [0.3, 0.4) is 0 Å². The average Bonchev–Trinajstić information content (AvgIpc) is 3.37. The summed E-state index contributed by atoms with van der Waals surface area (Å²) in [4.78, 5) is 38.3. The van der Waals surface area contributed by atoms with Gasteiger partial charge in [0.25, 0.3) is 0 Å². The van der Waals surface area contributed by atoms with Crippen LogP contribution in [-0.4, -0.2) is 37.2 Å². The van der Waals surface area contributed by atoms with Crippen molar-refractivity contribution < 1.29 is 28.6 Å². The van der Waals surface area contributed by atoms with Gasteiger partial charge in [-0.05, 0) is 31.1 Å². The molecule has 0 aromatic carbocycles. The largest absolute Gasteiger partial charge is 0.462 e. The maximum atomic E-state index is 12.9. The molecule has 0 amide bonds. The van der Waals surface area contributed by atoms with Crippen molar-refractivity contribution in [2.45, 2.75) is 381 Å². The van der Waals surface area contributed by atoms with Crippen molar-refractivity contribution in [2.75, 3.05) is 13.2 Å². The first-order valence-electron chi connectivity index (χ1n) is 32.8. The number of unbranched alkanes of at least 4 members (excludes halogenated alkanes) is 44. The van der Waals surface area contributed by atoms with Gasteiger partial charge in [0.1, 0.15) is 13.2 Å². The standard InChI is InChI=1S/C66H128O6/c1-6-8-9-10-11-12-13-14-15-21-26-31-36-41-46-51-56-64(67)70-59-63(60-71-65(68)57-52-47-42-37-32-28-23-24-29-34-39-44-49-54-61(3)4)72-66(69)58-53-48-43-38-33-27-22-19-17-16-18-20-25-30-35-40-45-50-55-62(5)7-2/h61-63H,6-60H2,1-5H3/t62?,63-/m1/s1. The topological polar surface area (TPSA) is 78.9 Å². The first-order valence-corrected chi connectivity index (χ1v) is 32.8. The lowest BCUT2D eigenvalue weighted by molar-refractivity contribution is -0.167. The Kier molecular flexibility index (Phi) is 57.4. The van der Waals surface area contributed by atoms with E-state index in [2.05, 4.69) is 34.6 Å². The summed E-state index contributed by atoms with van der Waals surface area (Å²) in [6.07, 6.45) is 65.3. The van der Waals surface area contributed by atoms with E-state index in [1.165, 1.54) is 263 Å². The van der Waals surface area contributed by atoms with Crippen molar-refractivity contribution in [3.8, 4) is 0 Å². The number of esters is 3. The number of rotatable bonds is 60. The Hall–Kier alpha value is -1.59. The lowest BCUT2D eigenvalue weighted by Gasteiger charge is -2.18. The van der Waals surface area contributed by atoms with Gasteiger partial charge >= 0.3 is 17.9 Å². The van der Waals surface area contributed by atoms with Crippen LogP contribution >= 0.6 is 0 Å². The number of hydrogen-bond donors (Lipinski definition) is 0. The third kappa shape index (κ3) is 57.7. The van der Waals surface area contributed by atoms with Gasteiger partial charge in [-0.25, -0.2) is 0 Å². The molecule has 0 heterocycles. The second-order valence-corrected chi connectivity index (χ2v) is 23.5. The van der Waals surface area contributed by atoms with Crippen molar-refractivity contribution in [2.24, 2.45) is 11.8 Å². The predicted octanol–water partition coefficient (Wildman–Crippen LogP) is 22.0. The molecular formula is C66H128O6. The quantitative estimate of drug-likeness (QED) is 0.0343. The first-order chi connectivity index (χ1) is 35.3. The van der Waals surface area contributed by atoms with Crippen molar-refractivity contribution in [1.29, 1.82) is 0 Å². The second kappa shape index (κ2) is 58.7. The fourth-order valence-corrected chi connectivity index (χ4v) is 10.3. The normalized spacial score (nSPS) is 12.4. The molecule has 6 heteroatoms. The van der Waals surface area contributed by atoms with Crippen LogP contribution in [0.15, 0.2) is 0 Å². The van der Waals surface area contributed by atoms with E-state index < -0.39 is 6.10 Å². The number of ether oxygens (including phenoxy) is 3. The van der Waals surface area contributed by atoms with Crippen molar-refractivity contribution in [3.63, 3.8) is 0 Å². The predicted molar refractivity (Wildman–Crippen MR) is 312 cm³/mol. The van der Waals surface area contributed by atoms with Crippen molar-refractivity contribution in [3.05, 3.63) is 0 Å². The molecule has 0 radical (unpaired) electrons. The monoisotopic (exact) mass is 1020 g/mol. The molecule has 6 nitrogen and oxygen atoms in total. The van der Waals surface area contributed by atoms with Gasteiger partial charge in [-0.3, -0.25) is 14.4 Å². The van der Waals surface area contributed by atoms with Gasteiger partial charge in [-0.15, -0.1) is 0 Å². The van der Waals surface area contributed by atoms with Crippen molar-refractivity contribution >= 4 is 17.9 Å². The summed E-state index contributed by atoms with van der Waals surface area (Å²) in [7, 11) is 0. The maximum absolute atomic E-state index is 12.9. The van der Waals surface area contributed by atoms with Gasteiger partial charge in [-0.1, -0.05) is 336 Å². The maximum Gasteiger partial charge on any atom is 0.306 e. The van der Waals surface area contributed by atoms with E-state index in [1.54, 1.807) is 0 Å². The summed E-state index contributed by atoms with van der Waals surface area (Å²) in [6.45, 7) is 11.5. The molecule has 428 valence electrons. The van der Waals surface area contributed by atoms with Gasteiger partial charge in [0.05, 0.1) is 0 Å². The van der Waals surface area contributed by atoms with E-state index in [-0.39, 0.29) is 31.1 Å². The van der Waals surface area contributed by atoms with Gasteiger partial charge in [0.15, 0.2) is 6.10 Å². The Labute approximate surface area is 450 Å². The molecule has 0 bridgehead atoms. The number of hydrogen-bond acceptors (Lipinski definition) is 6. The Morgan fingerprint density at radius 1 is 0.292 bits per heavy atom. The minimum Gasteiger partial charge on any atom is -0.462 e. The van der Waals surface area contributed by atoms with Crippen LogP contribution in [0.5, 0.6) is 0 Å². The fraction of sp³-hybridized carbons (Fsp3) is 0.955. The van der Waals surface area contributed by atoms with E-state index in [0.29, 0.717) is 19.3 Å². The van der Waals surface area contributed by atoms with Crippen LogP contribution in [0, 0.1) is 11.8 Å². The summed E-state index contributed by atoms with van der Waals surface area (Å²) >= 11 is 0. The Balaban J connectivity index is 4.27. The lowest BCUT2D eigenvalue weighted by atomic mass is 9.99. The van der Waals surface area contributed by atoms with E-state index in [9.17, 15) is 14.4 Å². The van der Waals surface area contributed by atoms with Crippen LogP contribution in [-0.2, 0) is 28.6 Å². The van der Waals surface area contributed by atoms with Gasteiger partial charge in [0.2, 0.25) is 0 Å². The zero-order valence-corrected chi connectivity index (χ0v) is 49.6. The Morgan fingerprint density at radius 2 is 0.528 bits per heavy atom. The zero-order chi connectivity index (χ0) is 52.5. The van der Waals surface area contributed by atoms with Crippen molar-refractivity contribution in [1.82, 2.24) is 0 Å². The molecule has 0 aliphatic heterocycles. The molecule has 0 saturated carbocycles. The third-order valence-corrected chi connectivity index (χ3v) is 15.6. The first kappa shape index (κ1) is 70.4. The molecule has 0 aromatic heterocycles. The van der Waals surface area contributed by atoms with Crippen LogP contribution in [0.25, 0.3) is 0 Å². The minimum atomic E-state index is -0.764. The van der Waals surface area contributed by atoms with Crippen LogP contribution < -0.4 is 0 Å². The minimum absolute atomic E-state index is 0.0617. The highest BCUT2D eigenvalue weighted by molar-refractivity contribution is 5.71. The molecule has 0 aliphatic rings. The summed E-state index contributed by atoms with van der Waals surface area (Å²) < 4.78 is 17.0. The molecule has 72 heavy (non-hydrogen) atoms. The van der Waals surface area contributed by atoms with Crippen LogP contribution in [0.2, 0.25) is 0 Å².